The second kappa shape index (κ2) is 5.39. The van der Waals surface area contributed by atoms with Gasteiger partial charge >= 0.3 is 0 Å². The van der Waals surface area contributed by atoms with Crippen LogP contribution in [0.15, 0.2) is 0 Å². The van der Waals surface area contributed by atoms with Crippen molar-refractivity contribution >= 4 is 0 Å². The molecule has 0 bridgehead atoms. The first kappa shape index (κ1) is 17.0. The number of rotatable bonds is 5. The van der Waals surface area contributed by atoms with Crippen LogP contribution in [0.3, 0.4) is 0 Å². The fourth-order valence-electron chi connectivity index (χ4n) is 5.43. The second-order valence-corrected chi connectivity index (χ2v) is 8.13. The van der Waals surface area contributed by atoms with Gasteiger partial charge in [-0.1, -0.05) is 69.2 Å². The van der Waals surface area contributed by atoms with Gasteiger partial charge in [0.05, 0.1) is 11.7 Å². The zero-order chi connectivity index (χ0) is 15.2. The van der Waals surface area contributed by atoms with Crippen LogP contribution in [-0.4, -0.2) is 11.7 Å². The molecule has 1 saturated heterocycles. The molecule has 1 fully saturated rings. The molecule has 0 radical (unpaired) electrons. The van der Waals surface area contributed by atoms with E-state index in [1.54, 1.807) is 0 Å². The highest BCUT2D eigenvalue weighted by Crippen LogP contribution is 2.66. The lowest BCUT2D eigenvalue weighted by atomic mass is 9.44. The van der Waals surface area contributed by atoms with E-state index in [4.69, 9.17) is 4.74 Å². The first-order chi connectivity index (χ1) is 8.56. The summed E-state index contributed by atoms with van der Waals surface area (Å²) < 4.78 is 6.65. The zero-order valence-corrected chi connectivity index (χ0v) is 14.9. The maximum absolute atomic E-state index is 6.65. The van der Waals surface area contributed by atoms with Crippen LogP contribution in [0.25, 0.3) is 0 Å². The molecular formula is C18H36O. The Bertz CT molecular complexity index is 283. The molecule has 1 heterocycles. The lowest BCUT2D eigenvalue weighted by Gasteiger charge is -2.73. The average Bonchev–Trinajstić information content (AvgIpc) is 2.12. The van der Waals surface area contributed by atoms with Gasteiger partial charge in [-0.25, -0.2) is 0 Å². The smallest absolute Gasteiger partial charge is 0.0817 e. The molecule has 0 saturated carbocycles. The normalized spacial score (nSPS) is 25.7. The number of ether oxygens (including phenoxy) is 1. The summed E-state index contributed by atoms with van der Waals surface area (Å²) in [4.78, 5) is 0. The van der Waals surface area contributed by atoms with Crippen LogP contribution in [0.5, 0.6) is 0 Å². The molecule has 1 heteroatoms. The molecule has 0 spiro atoms. The minimum absolute atomic E-state index is 0.0320. The van der Waals surface area contributed by atoms with E-state index >= 15 is 0 Å². The standard InChI is InChI=1S/C18H36O/c1-11(2)16-17(12(3)4,13(5)6)18(19-16,14(7)8)15(9)10/h11-16H,1-10H3. The Balaban J connectivity index is 3.42. The Kier molecular flexibility index (Phi) is 4.83. The van der Waals surface area contributed by atoms with Gasteiger partial charge in [-0.05, 0) is 29.6 Å². The Morgan fingerprint density at radius 3 is 1.21 bits per heavy atom. The number of hydrogen-bond acceptors (Lipinski definition) is 1. The third kappa shape index (κ3) is 1.99. The van der Waals surface area contributed by atoms with Crippen molar-refractivity contribution < 1.29 is 4.74 Å². The molecule has 1 unspecified atom stereocenters. The Hall–Kier alpha value is -0.0400. The Labute approximate surface area is 121 Å². The van der Waals surface area contributed by atoms with Crippen LogP contribution >= 0.6 is 0 Å². The topological polar surface area (TPSA) is 9.23 Å². The molecule has 1 aliphatic rings. The van der Waals surface area contributed by atoms with Crippen molar-refractivity contribution in [3.05, 3.63) is 0 Å². The van der Waals surface area contributed by atoms with E-state index in [0.29, 0.717) is 41.1 Å². The van der Waals surface area contributed by atoms with Crippen LogP contribution in [-0.2, 0) is 4.74 Å². The lowest BCUT2D eigenvalue weighted by Crippen LogP contribution is -2.78. The Morgan fingerprint density at radius 2 is 1.00 bits per heavy atom. The van der Waals surface area contributed by atoms with Gasteiger partial charge in [0.25, 0.3) is 0 Å². The molecule has 0 amide bonds. The molecule has 1 nitrogen and oxygen atoms in total. The van der Waals surface area contributed by atoms with Gasteiger partial charge in [0.1, 0.15) is 0 Å². The van der Waals surface area contributed by atoms with Gasteiger partial charge in [-0.15, -0.1) is 0 Å². The minimum atomic E-state index is 0.0320. The van der Waals surface area contributed by atoms with Crippen molar-refractivity contribution in [1.29, 1.82) is 0 Å². The molecule has 1 atom stereocenters. The minimum Gasteiger partial charge on any atom is -0.370 e. The van der Waals surface area contributed by atoms with Gasteiger partial charge in [-0.3, -0.25) is 0 Å². The van der Waals surface area contributed by atoms with Gasteiger partial charge in [0, 0.05) is 5.41 Å². The van der Waals surface area contributed by atoms with Gasteiger partial charge in [0.2, 0.25) is 0 Å². The summed E-state index contributed by atoms with van der Waals surface area (Å²) in [6.45, 7) is 23.6. The predicted octanol–water partition coefficient (Wildman–Crippen LogP) is 5.39. The van der Waals surface area contributed by atoms with Crippen molar-refractivity contribution in [2.45, 2.75) is 80.9 Å². The van der Waals surface area contributed by atoms with Crippen LogP contribution in [0.2, 0.25) is 0 Å². The average molecular weight is 268 g/mol. The predicted molar refractivity (Wildman–Crippen MR) is 84.2 cm³/mol. The summed E-state index contributed by atoms with van der Waals surface area (Å²) in [5.41, 5.74) is 0.327. The fourth-order valence-corrected chi connectivity index (χ4v) is 5.43. The monoisotopic (exact) mass is 268 g/mol. The zero-order valence-electron chi connectivity index (χ0n) is 14.9. The summed E-state index contributed by atoms with van der Waals surface area (Å²) >= 11 is 0. The highest BCUT2D eigenvalue weighted by atomic mass is 16.5. The quantitative estimate of drug-likeness (QED) is 0.649. The first-order valence-corrected chi connectivity index (χ1v) is 8.24. The highest BCUT2D eigenvalue weighted by Gasteiger charge is 2.71. The summed E-state index contributed by atoms with van der Waals surface area (Å²) in [5, 5.41) is 0. The molecule has 0 aromatic heterocycles. The third-order valence-electron chi connectivity index (χ3n) is 5.70. The molecule has 0 aliphatic carbocycles. The van der Waals surface area contributed by atoms with E-state index in [-0.39, 0.29) is 5.60 Å². The van der Waals surface area contributed by atoms with E-state index in [1.807, 2.05) is 0 Å². The molecule has 0 aromatic rings. The van der Waals surface area contributed by atoms with Crippen molar-refractivity contribution in [1.82, 2.24) is 0 Å². The summed E-state index contributed by atoms with van der Waals surface area (Å²) in [6, 6.07) is 0. The largest absolute Gasteiger partial charge is 0.370 e. The Morgan fingerprint density at radius 1 is 0.632 bits per heavy atom. The molecule has 0 aromatic carbocycles. The molecule has 0 N–H and O–H groups in total. The van der Waals surface area contributed by atoms with E-state index in [0.717, 1.165) is 0 Å². The molecular weight excluding hydrogens is 232 g/mol. The van der Waals surface area contributed by atoms with Crippen molar-refractivity contribution in [2.24, 2.45) is 35.0 Å². The van der Waals surface area contributed by atoms with E-state index in [9.17, 15) is 0 Å². The van der Waals surface area contributed by atoms with E-state index in [2.05, 4.69) is 69.2 Å². The summed E-state index contributed by atoms with van der Waals surface area (Å²) in [6.07, 6.45) is 0.400. The van der Waals surface area contributed by atoms with Crippen molar-refractivity contribution in [3.8, 4) is 0 Å². The summed E-state index contributed by atoms with van der Waals surface area (Å²) in [7, 11) is 0. The second-order valence-electron chi connectivity index (χ2n) is 8.13. The lowest BCUT2D eigenvalue weighted by molar-refractivity contribution is -0.395. The van der Waals surface area contributed by atoms with Crippen LogP contribution < -0.4 is 0 Å². The first-order valence-electron chi connectivity index (χ1n) is 8.24. The molecule has 1 aliphatic heterocycles. The number of hydrogen-bond donors (Lipinski definition) is 0. The van der Waals surface area contributed by atoms with Gasteiger partial charge < -0.3 is 4.74 Å². The van der Waals surface area contributed by atoms with Crippen LogP contribution in [0.1, 0.15) is 69.2 Å². The fraction of sp³-hybridized carbons (Fsp3) is 1.00. The maximum atomic E-state index is 6.65. The molecule has 1 rings (SSSR count). The van der Waals surface area contributed by atoms with E-state index < -0.39 is 0 Å². The van der Waals surface area contributed by atoms with Crippen molar-refractivity contribution in [3.63, 3.8) is 0 Å². The van der Waals surface area contributed by atoms with Crippen molar-refractivity contribution in [2.75, 3.05) is 0 Å². The summed E-state index contributed by atoms with van der Waals surface area (Å²) in [5.74, 6) is 3.02. The van der Waals surface area contributed by atoms with E-state index in [1.165, 1.54) is 0 Å². The molecule has 114 valence electrons. The molecule has 19 heavy (non-hydrogen) atoms. The maximum Gasteiger partial charge on any atom is 0.0817 e. The third-order valence-corrected chi connectivity index (χ3v) is 5.70. The van der Waals surface area contributed by atoms with Gasteiger partial charge in [-0.2, -0.15) is 0 Å². The highest BCUT2D eigenvalue weighted by molar-refractivity contribution is 5.18. The SMILES string of the molecule is CC(C)C1OC(C(C)C)(C(C)C)C1(C(C)C)C(C)C. The van der Waals surface area contributed by atoms with Crippen LogP contribution in [0.4, 0.5) is 0 Å². The van der Waals surface area contributed by atoms with Gasteiger partial charge in [0.15, 0.2) is 0 Å². The van der Waals surface area contributed by atoms with Crippen LogP contribution in [0, 0.1) is 35.0 Å².